The number of carbonyl (C=O) groups is 1. The summed E-state index contributed by atoms with van der Waals surface area (Å²) in [6.07, 6.45) is 1.58. The van der Waals surface area contributed by atoms with Crippen LogP contribution in [0.15, 0.2) is 59.5 Å². The van der Waals surface area contributed by atoms with Gasteiger partial charge in [-0.1, -0.05) is 35.3 Å². The highest BCUT2D eigenvalue weighted by Crippen LogP contribution is 2.21. The highest BCUT2D eigenvalue weighted by atomic mass is 35.5. The smallest absolute Gasteiger partial charge is 0.244 e. The SMILES string of the molecule is O=C(Cn1ccc(=O)c2ccc(Cl)cc21)Nc1ccccc1Cl. The molecule has 0 spiro atoms. The highest BCUT2D eigenvalue weighted by Gasteiger charge is 2.09. The first-order valence-corrected chi connectivity index (χ1v) is 7.63. The molecule has 1 N–H and O–H groups in total. The van der Waals surface area contributed by atoms with Crippen LogP contribution in [0.2, 0.25) is 10.0 Å². The number of benzene rings is 2. The van der Waals surface area contributed by atoms with Crippen LogP contribution in [-0.4, -0.2) is 10.5 Å². The maximum Gasteiger partial charge on any atom is 0.244 e. The summed E-state index contributed by atoms with van der Waals surface area (Å²) in [7, 11) is 0. The molecule has 1 amide bonds. The van der Waals surface area contributed by atoms with Gasteiger partial charge in [-0.25, -0.2) is 0 Å². The van der Waals surface area contributed by atoms with Gasteiger partial charge in [0.05, 0.1) is 16.2 Å². The van der Waals surface area contributed by atoms with Gasteiger partial charge in [0, 0.05) is 22.7 Å². The van der Waals surface area contributed by atoms with Crippen molar-refractivity contribution in [2.75, 3.05) is 5.32 Å². The van der Waals surface area contributed by atoms with E-state index in [2.05, 4.69) is 5.32 Å². The Bertz CT molecular complexity index is 951. The fraction of sp³-hybridized carbons (Fsp3) is 0.0588. The van der Waals surface area contributed by atoms with Crippen molar-refractivity contribution in [3.63, 3.8) is 0 Å². The number of carbonyl (C=O) groups excluding carboxylic acids is 1. The van der Waals surface area contributed by atoms with Gasteiger partial charge in [-0.15, -0.1) is 0 Å². The predicted octanol–water partition coefficient (Wildman–Crippen LogP) is 3.95. The van der Waals surface area contributed by atoms with Gasteiger partial charge < -0.3 is 9.88 Å². The second-order valence-corrected chi connectivity index (χ2v) is 5.84. The molecular formula is C17H12Cl2N2O2. The van der Waals surface area contributed by atoms with E-state index >= 15 is 0 Å². The third-order valence-electron chi connectivity index (χ3n) is 3.40. The second-order valence-electron chi connectivity index (χ2n) is 5.00. The number of hydrogen-bond donors (Lipinski definition) is 1. The molecule has 0 aliphatic heterocycles. The summed E-state index contributed by atoms with van der Waals surface area (Å²) in [5, 5.41) is 4.24. The van der Waals surface area contributed by atoms with Crippen molar-refractivity contribution in [2.24, 2.45) is 0 Å². The van der Waals surface area contributed by atoms with E-state index in [4.69, 9.17) is 23.2 Å². The molecule has 0 fully saturated rings. The Morgan fingerprint density at radius 2 is 1.87 bits per heavy atom. The Labute approximate surface area is 142 Å². The summed E-state index contributed by atoms with van der Waals surface area (Å²) in [6.45, 7) is 0.0440. The number of pyridine rings is 1. The van der Waals surface area contributed by atoms with Crippen molar-refractivity contribution >= 4 is 45.7 Å². The standard InChI is InChI=1S/C17H12Cl2N2O2/c18-11-5-6-12-15(9-11)21(8-7-16(12)22)10-17(23)20-14-4-2-1-3-13(14)19/h1-9H,10H2,(H,20,23). The molecule has 3 rings (SSSR count). The summed E-state index contributed by atoms with van der Waals surface area (Å²) in [5.41, 5.74) is 1.04. The zero-order valence-corrected chi connectivity index (χ0v) is 13.4. The van der Waals surface area contributed by atoms with Crippen LogP contribution in [0.1, 0.15) is 0 Å². The molecule has 6 heteroatoms. The Morgan fingerprint density at radius 1 is 1.09 bits per heavy atom. The van der Waals surface area contributed by atoms with Gasteiger partial charge in [0.25, 0.3) is 0 Å². The normalized spacial score (nSPS) is 10.7. The highest BCUT2D eigenvalue weighted by molar-refractivity contribution is 6.33. The summed E-state index contributed by atoms with van der Waals surface area (Å²) in [4.78, 5) is 24.1. The molecule has 4 nitrogen and oxygen atoms in total. The molecule has 0 aliphatic carbocycles. The molecule has 0 atom stereocenters. The Balaban J connectivity index is 1.91. The molecule has 116 valence electrons. The number of halogens is 2. The lowest BCUT2D eigenvalue weighted by Gasteiger charge is -2.12. The van der Waals surface area contributed by atoms with E-state index in [1.165, 1.54) is 6.07 Å². The molecule has 0 saturated heterocycles. The lowest BCUT2D eigenvalue weighted by atomic mass is 10.2. The third-order valence-corrected chi connectivity index (χ3v) is 3.97. The average Bonchev–Trinajstić information content (AvgIpc) is 2.52. The molecule has 2 aromatic carbocycles. The van der Waals surface area contributed by atoms with Crippen molar-refractivity contribution in [1.82, 2.24) is 4.57 Å². The fourth-order valence-electron chi connectivity index (χ4n) is 2.32. The van der Waals surface area contributed by atoms with Gasteiger partial charge in [0.1, 0.15) is 6.54 Å². The lowest BCUT2D eigenvalue weighted by Crippen LogP contribution is -2.20. The van der Waals surface area contributed by atoms with Crippen molar-refractivity contribution < 1.29 is 4.79 Å². The quantitative estimate of drug-likeness (QED) is 0.780. The van der Waals surface area contributed by atoms with Crippen molar-refractivity contribution in [1.29, 1.82) is 0 Å². The van der Waals surface area contributed by atoms with Crippen LogP contribution in [0, 0.1) is 0 Å². The number of amides is 1. The summed E-state index contributed by atoms with van der Waals surface area (Å²) >= 11 is 12.0. The number of fused-ring (bicyclic) bond motifs is 1. The molecule has 0 radical (unpaired) electrons. The van der Waals surface area contributed by atoms with Gasteiger partial charge in [0.2, 0.25) is 5.91 Å². The van der Waals surface area contributed by atoms with Crippen LogP contribution >= 0.6 is 23.2 Å². The van der Waals surface area contributed by atoms with E-state index in [1.807, 2.05) is 0 Å². The number of aromatic nitrogens is 1. The molecule has 23 heavy (non-hydrogen) atoms. The minimum Gasteiger partial charge on any atom is -0.338 e. The average molecular weight is 347 g/mol. The molecule has 3 aromatic rings. The molecule has 0 saturated carbocycles. The van der Waals surface area contributed by atoms with Crippen LogP contribution < -0.4 is 10.7 Å². The van der Waals surface area contributed by atoms with Gasteiger partial charge >= 0.3 is 0 Å². The summed E-state index contributed by atoms with van der Waals surface area (Å²) in [5.74, 6) is -0.247. The fourth-order valence-corrected chi connectivity index (χ4v) is 2.67. The maximum absolute atomic E-state index is 12.2. The number of rotatable bonds is 3. The van der Waals surface area contributed by atoms with E-state index in [9.17, 15) is 9.59 Å². The van der Waals surface area contributed by atoms with E-state index in [1.54, 1.807) is 53.2 Å². The molecule has 1 heterocycles. The van der Waals surface area contributed by atoms with Gasteiger partial charge in [0.15, 0.2) is 5.43 Å². The monoisotopic (exact) mass is 346 g/mol. The van der Waals surface area contributed by atoms with Gasteiger partial charge in [-0.2, -0.15) is 0 Å². The Morgan fingerprint density at radius 3 is 2.65 bits per heavy atom. The van der Waals surface area contributed by atoms with Crippen molar-refractivity contribution in [2.45, 2.75) is 6.54 Å². The molecular weight excluding hydrogens is 335 g/mol. The van der Waals surface area contributed by atoms with E-state index in [0.29, 0.717) is 26.6 Å². The maximum atomic E-state index is 12.2. The van der Waals surface area contributed by atoms with Crippen molar-refractivity contribution in [3.05, 3.63) is 75.0 Å². The number of para-hydroxylation sites is 1. The van der Waals surface area contributed by atoms with Crippen LogP contribution in [0.3, 0.4) is 0 Å². The second kappa shape index (κ2) is 6.44. The third kappa shape index (κ3) is 3.38. The minimum absolute atomic E-state index is 0.0440. The number of nitrogens with zero attached hydrogens (tertiary/aromatic N) is 1. The zero-order chi connectivity index (χ0) is 16.4. The summed E-state index contributed by atoms with van der Waals surface area (Å²) in [6, 6.07) is 13.4. The van der Waals surface area contributed by atoms with Crippen molar-refractivity contribution in [3.8, 4) is 0 Å². The number of nitrogens with one attached hydrogen (secondary N) is 1. The van der Waals surface area contributed by atoms with Crippen LogP contribution in [0.25, 0.3) is 10.9 Å². The number of hydrogen-bond acceptors (Lipinski definition) is 2. The predicted molar refractivity (Wildman–Crippen MR) is 93.3 cm³/mol. The van der Waals surface area contributed by atoms with Gasteiger partial charge in [-0.3, -0.25) is 9.59 Å². The van der Waals surface area contributed by atoms with Crippen LogP contribution in [-0.2, 0) is 11.3 Å². The first-order chi connectivity index (χ1) is 11.0. The van der Waals surface area contributed by atoms with E-state index in [0.717, 1.165) is 0 Å². The Hall–Kier alpha value is -2.30. The first kappa shape index (κ1) is 15.6. The van der Waals surface area contributed by atoms with Gasteiger partial charge in [-0.05, 0) is 30.3 Å². The largest absolute Gasteiger partial charge is 0.338 e. The molecule has 0 unspecified atom stereocenters. The molecule has 1 aromatic heterocycles. The topological polar surface area (TPSA) is 51.1 Å². The van der Waals surface area contributed by atoms with Crippen LogP contribution in [0.4, 0.5) is 5.69 Å². The van der Waals surface area contributed by atoms with Crippen LogP contribution in [0.5, 0.6) is 0 Å². The molecule has 0 bridgehead atoms. The first-order valence-electron chi connectivity index (χ1n) is 6.88. The zero-order valence-electron chi connectivity index (χ0n) is 11.9. The summed E-state index contributed by atoms with van der Waals surface area (Å²) < 4.78 is 1.68. The number of anilines is 1. The molecule has 0 aliphatic rings. The van der Waals surface area contributed by atoms with E-state index in [-0.39, 0.29) is 17.9 Å². The van der Waals surface area contributed by atoms with E-state index < -0.39 is 0 Å². The lowest BCUT2D eigenvalue weighted by molar-refractivity contribution is -0.116. The Kier molecular flexibility index (Phi) is 4.37. The minimum atomic E-state index is -0.247.